The van der Waals surface area contributed by atoms with E-state index in [1.807, 2.05) is 0 Å². The van der Waals surface area contributed by atoms with E-state index < -0.39 is 10.3 Å². The van der Waals surface area contributed by atoms with E-state index in [1.54, 1.807) is 12.1 Å². The number of phenols is 1. The largest absolute Gasteiger partial charge is 0.507 e. The summed E-state index contributed by atoms with van der Waals surface area (Å²) in [5.41, 5.74) is 0.274. The molecule has 0 radical (unpaired) electrons. The van der Waals surface area contributed by atoms with Crippen LogP contribution < -0.4 is 4.18 Å². The number of phenolic OH excluding ortho intramolecular Hbond substituents is 1. The molecule has 0 aliphatic carbocycles. The van der Waals surface area contributed by atoms with Gasteiger partial charge in [0.15, 0.2) is 0 Å². The second-order valence-electron chi connectivity index (χ2n) is 3.76. The van der Waals surface area contributed by atoms with E-state index in [-0.39, 0.29) is 17.1 Å². The summed E-state index contributed by atoms with van der Waals surface area (Å²) in [7, 11) is -4.15. The molecule has 0 aromatic heterocycles. The maximum atomic E-state index is 11.6. The molecule has 0 saturated heterocycles. The Labute approximate surface area is 121 Å². The van der Waals surface area contributed by atoms with Gasteiger partial charge in [-0.15, -0.1) is 4.40 Å². The van der Waals surface area contributed by atoms with E-state index in [9.17, 15) is 13.5 Å². The molecule has 0 spiro atoms. The van der Waals surface area contributed by atoms with Gasteiger partial charge >= 0.3 is 10.3 Å². The van der Waals surface area contributed by atoms with Crippen molar-refractivity contribution in [3.63, 3.8) is 0 Å². The lowest BCUT2D eigenvalue weighted by Gasteiger charge is -2.02. The van der Waals surface area contributed by atoms with Gasteiger partial charge in [-0.3, -0.25) is 0 Å². The number of para-hydroxylation sites is 1. The zero-order valence-corrected chi connectivity index (χ0v) is 11.7. The Kier molecular flexibility index (Phi) is 4.26. The molecule has 2 aromatic rings. The first kappa shape index (κ1) is 14.4. The molecular weight excluding hydrogens is 302 g/mol. The van der Waals surface area contributed by atoms with E-state index in [1.165, 1.54) is 36.4 Å². The van der Waals surface area contributed by atoms with Crippen LogP contribution in [0.15, 0.2) is 52.9 Å². The molecule has 0 amide bonds. The number of benzene rings is 2. The topological polar surface area (TPSA) is 76.0 Å². The van der Waals surface area contributed by atoms with Gasteiger partial charge in [0.2, 0.25) is 0 Å². The van der Waals surface area contributed by atoms with Crippen molar-refractivity contribution in [1.82, 2.24) is 0 Å². The summed E-state index contributed by atoms with van der Waals surface area (Å²) in [6, 6.07) is 12.0. The Bertz CT molecular complexity index is 726. The molecular formula is C13H10ClNO4S. The van der Waals surface area contributed by atoms with Gasteiger partial charge in [0.05, 0.1) is 6.21 Å². The minimum absolute atomic E-state index is 0.0713. The molecule has 0 saturated carbocycles. The SMILES string of the molecule is O=S(=O)(N=Cc1ccccc1O)Oc1ccc(Cl)cc1. The molecule has 2 rings (SSSR count). The van der Waals surface area contributed by atoms with Gasteiger partial charge in [-0.1, -0.05) is 23.7 Å². The predicted octanol–water partition coefficient (Wildman–Crippen LogP) is 2.79. The fourth-order valence-electron chi connectivity index (χ4n) is 1.35. The molecule has 2 aromatic carbocycles. The van der Waals surface area contributed by atoms with Crippen molar-refractivity contribution < 1.29 is 17.7 Å². The lowest BCUT2D eigenvalue weighted by atomic mass is 10.2. The zero-order chi connectivity index (χ0) is 14.6. The van der Waals surface area contributed by atoms with E-state index in [2.05, 4.69) is 4.40 Å². The summed E-state index contributed by atoms with van der Waals surface area (Å²) in [6.45, 7) is 0. The Morgan fingerprint density at radius 2 is 1.75 bits per heavy atom. The summed E-state index contributed by atoms with van der Waals surface area (Å²) < 4.78 is 31.4. The Morgan fingerprint density at radius 3 is 2.40 bits per heavy atom. The van der Waals surface area contributed by atoms with Crippen LogP contribution in [0, 0.1) is 0 Å². The molecule has 20 heavy (non-hydrogen) atoms. The first-order chi connectivity index (χ1) is 9.46. The molecule has 0 atom stereocenters. The van der Waals surface area contributed by atoms with Gasteiger partial charge in [-0.25, -0.2) is 0 Å². The highest BCUT2D eigenvalue weighted by molar-refractivity contribution is 7.85. The summed E-state index contributed by atoms with van der Waals surface area (Å²) in [6.07, 6.45) is 1.01. The molecule has 5 nitrogen and oxygen atoms in total. The third-order valence-corrected chi connectivity index (χ3v) is 3.29. The van der Waals surface area contributed by atoms with Crippen LogP contribution in [-0.4, -0.2) is 19.7 Å². The fourth-order valence-corrected chi connectivity index (χ4v) is 2.12. The minimum Gasteiger partial charge on any atom is -0.507 e. The van der Waals surface area contributed by atoms with E-state index in [0.717, 1.165) is 6.21 Å². The van der Waals surface area contributed by atoms with Crippen LogP contribution >= 0.6 is 11.6 Å². The summed E-state index contributed by atoms with van der Waals surface area (Å²) >= 11 is 5.68. The van der Waals surface area contributed by atoms with Gasteiger partial charge in [-0.2, -0.15) is 8.42 Å². The molecule has 0 unspecified atom stereocenters. The smallest absolute Gasteiger partial charge is 0.428 e. The quantitative estimate of drug-likeness (QED) is 0.881. The third kappa shape index (κ3) is 3.97. The van der Waals surface area contributed by atoms with Crippen LogP contribution in [0.2, 0.25) is 5.02 Å². The van der Waals surface area contributed by atoms with Gasteiger partial charge in [-0.05, 0) is 36.4 Å². The number of rotatable bonds is 4. The van der Waals surface area contributed by atoms with Crippen molar-refractivity contribution in [3.8, 4) is 11.5 Å². The molecule has 7 heteroatoms. The average Bonchev–Trinajstić information content (AvgIpc) is 2.40. The maximum absolute atomic E-state index is 11.6. The van der Waals surface area contributed by atoms with Crippen molar-refractivity contribution >= 4 is 28.1 Å². The van der Waals surface area contributed by atoms with Crippen LogP contribution in [-0.2, 0) is 10.3 Å². The van der Waals surface area contributed by atoms with Gasteiger partial charge in [0, 0.05) is 10.6 Å². The number of hydrogen-bond acceptors (Lipinski definition) is 4. The number of aromatic hydroxyl groups is 1. The Hall–Kier alpha value is -2.05. The Balaban J connectivity index is 2.15. The van der Waals surface area contributed by atoms with Crippen molar-refractivity contribution in [2.75, 3.05) is 0 Å². The monoisotopic (exact) mass is 311 g/mol. The molecule has 104 valence electrons. The van der Waals surface area contributed by atoms with E-state index in [4.69, 9.17) is 15.8 Å². The first-order valence-electron chi connectivity index (χ1n) is 5.49. The normalized spacial score (nSPS) is 11.7. The second kappa shape index (κ2) is 5.94. The van der Waals surface area contributed by atoms with Crippen LogP contribution in [0.25, 0.3) is 0 Å². The third-order valence-electron chi connectivity index (χ3n) is 2.27. The van der Waals surface area contributed by atoms with Crippen LogP contribution in [0.3, 0.4) is 0 Å². The fraction of sp³-hybridized carbons (Fsp3) is 0. The predicted molar refractivity (Wildman–Crippen MR) is 76.7 cm³/mol. The molecule has 0 aliphatic rings. The first-order valence-corrected chi connectivity index (χ1v) is 7.24. The van der Waals surface area contributed by atoms with Gasteiger partial charge in [0.1, 0.15) is 11.5 Å². The lowest BCUT2D eigenvalue weighted by Crippen LogP contribution is -2.06. The average molecular weight is 312 g/mol. The van der Waals surface area contributed by atoms with Crippen LogP contribution in [0.5, 0.6) is 11.5 Å². The van der Waals surface area contributed by atoms with Gasteiger partial charge in [0.25, 0.3) is 0 Å². The van der Waals surface area contributed by atoms with Gasteiger partial charge < -0.3 is 9.29 Å². The van der Waals surface area contributed by atoms with Crippen molar-refractivity contribution in [1.29, 1.82) is 0 Å². The molecule has 0 heterocycles. The minimum atomic E-state index is -4.15. The van der Waals surface area contributed by atoms with E-state index in [0.29, 0.717) is 5.02 Å². The van der Waals surface area contributed by atoms with E-state index >= 15 is 0 Å². The molecule has 0 aliphatic heterocycles. The highest BCUT2D eigenvalue weighted by Crippen LogP contribution is 2.18. The molecule has 0 bridgehead atoms. The lowest BCUT2D eigenvalue weighted by molar-refractivity contribution is 0.474. The van der Waals surface area contributed by atoms with Crippen molar-refractivity contribution in [2.45, 2.75) is 0 Å². The van der Waals surface area contributed by atoms with Crippen LogP contribution in [0.4, 0.5) is 0 Å². The summed E-state index contributed by atoms with van der Waals surface area (Å²) in [5.74, 6) is 0.0294. The molecule has 1 N–H and O–H groups in total. The molecule has 0 fully saturated rings. The highest BCUT2D eigenvalue weighted by Gasteiger charge is 2.10. The zero-order valence-electron chi connectivity index (χ0n) is 10.1. The second-order valence-corrected chi connectivity index (χ2v) is 5.43. The standard InChI is InChI=1S/C13H10ClNO4S/c14-11-5-7-12(8-6-11)19-20(17,18)15-9-10-3-1-2-4-13(10)16/h1-9,16H. The number of hydrogen-bond donors (Lipinski definition) is 1. The summed E-state index contributed by atoms with van der Waals surface area (Å²) in [5, 5.41) is 9.95. The summed E-state index contributed by atoms with van der Waals surface area (Å²) in [4.78, 5) is 0. The highest BCUT2D eigenvalue weighted by atomic mass is 35.5. The van der Waals surface area contributed by atoms with Crippen molar-refractivity contribution in [2.24, 2.45) is 4.40 Å². The number of halogens is 1. The number of nitrogens with zero attached hydrogens (tertiary/aromatic N) is 1. The Morgan fingerprint density at radius 1 is 1.10 bits per heavy atom. The van der Waals surface area contributed by atoms with Crippen LogP contribution in [0.1, 0.15) is 5.56 Å². The van der Waals surface area contributed by atoms with Crippen molar-refractivity contribution in [3.05, 3.63) is 59.1 Å². The maximum Gasteiger partial charge on any atom is 0.428 e.